The summed E-state index contributed by atoms with van der Waals surface area (Å²) in [6, 6.07) is 3.36. The summed E-state index contributed by atoms with van der Waals surface area (Å²) in [7, 11) is 0. The van der Waals surface area contributed by atoms with E-state index in [4.69, 9.17) is 5.84 Å². The number of rotatable bonds is 3. The van der Waals surface area contributed by atoms with Crippen LogP contribution in [-0.2, 0) is 6.18 Å². The molecule has 0 aliphatic carbocycles. The van der Waals surface area contributed by atoms with Crippen molar-refractivity contribution < 1.29 is 13.2 Å². The molecule has 19 heavy (non-hydrogen) atoms. The minimum absolute atomic E-state index is 0.0757. The molecule has 0 amide bonds. The highest BCUT2D eigenvalue weighted by atomic mass is 32.2. The third-order valence-corrected chi connectivity index (χ3v) is 2.83. The van der Waals surface area contributed by atoms with Crippen molar-refractivity contribution >= 4 is 17.6 Å². The first kappa shape index (κ1) is 13.6. The standard InChI is InChI=1S/C10H8F3N5S/c11-10(12,13)6-4-7(18-14)17-8(5-6)19-9-15-2-1-3-16-9/h1-5H,14H2,(H,17,18). The molecule has 100 valence electrons. The maximum absolute atomic E-state index is 12.7. The van der Waals surface area contributed by atoms with Gasteiger partial charge >= 0.3 is 6.18 Å². The zero-order valence-electron chi connectivity index (χ0n) is 9.35. The first-order valence-electron chi connectivity index (χ1n) is 5.00. The number of hydrazine groups is 1. The molecule has 2 aromatic rings. The number of halogens is 3. The van der Waals surface area contributed by atoms with E-state index in [2.05, 4.69) is 20.4 Å². The van der Waals surface area contributed by atoms with Crippen LogP contribution in [0.1, 0.15) is 5.56 Å². The second kappa shape index (κ2) is 5.41. The van der Waals surface area contributed by atoms with Crippen molar-refractivity contribution in [1.82, 2.24) is 15.0 Å². The average molecular weight is 287 g/mol. The molecule has 9 heteroatoms. The molecule has 0 unspecified atom stereocenters. The van der Waals surface area contributed by atoms with Crippen LogP contribution in [0.15, 0.2) is 40.8 Å². The molecule has 0 radical (unpaired) electrons. The Morgan fingerprint density at radius 2 is 1.84 bits per heavy atom. The summed E-state index contributed by atoms with van der Waals surface area (Å²) in [6.07, 6.45) is -1.49. The van der Waals surface area contributed by atoms with E-state index in [1.807, 2.05) is 0 Å². The molecule has 0 aliphatic rings. The van der Waals surface area contributed by atoms with E-state index in [9.17, 15) is 13.2 Å². The van der Waals surface area contributed by atoms with E-state index in [0.29, 0.717) is 5.16 Å². The molecule has 2 aromatic heterocycles. The van der Waals surface area contributed by atoms with Crippen LogP contribution in [0.3, 0.4) is 0 Å². The number of pyridine rings is 1. The second-order valence-electron chi connectivity index (χ2n) is 3.35. The fourth-order valence-electron chi connectivity index (χ4n) is 1.23. The monoisotopic (exact) mass is 287 g/mol. The van der Waals surface area contributed by atoms with Gasteiger partial charge in [-0.1, -0.05) is 0 Å². The molecular formula is C10H8F3N5S. The molecule has 0 atom stereocenters. The summed E-state index contributed by atoms with van der Waals surface area (Å²) in [5, 5.41) is 0.409. The van der Waals surface area contributed by atoms with Gasteiger partial charge in [-0.25, -0.2) is 20.8 Å². The number of nitrogen functional groups attached to an aromatic ring is 1. The van der Waals surface area contributed by atoms with Crippen LogP contribution in [0.4, 0.5) is 19.0 Å². The predicted molar refractivity (Wildman–Crippen MR) is 63.2 cm³/mol. The zero-order chi connectivity index (χ0) is 13.9. The fourth-order valence-corrected chi connectivity index (χ4v) is 1.97. The Morgan fingerprint density at radius 1 is 1.16 bits per heavy atom. The number of nitrogens with zero attached hydrogens (tertiary/aromatic N) is 3. The maximum atomic E-state index is 12.7. The number of nitrogens with one attached hydrogen (secondary N) is 1. The van der Waals surface area contributed by atoms with Gasteiger partial charge in [0.2, 0.25) is 0 Å². The van der Waals surface area contributed by atoms with Gasteiger partial charge in [-0.3, -0.25) is 0 Å². The summed E-state index contributed by atoms with van der Waals surface area (Å²) < 4.78 is 38.1. The van der Waals surface area contributed by atoms with Crippen molar-refractivity contribution in [3.63, 3.8) is 0 Å². The van der Waals surface area contributed by atoms with Gasteiger partial charge in [0, 0.05) is 12.4 Å². The van der Waals surface area contributed by atoms with E-state index < -0.39 is 11.7 Å². The lowest BCUT2D eigenvalue weighted by molar-refractivity contribution is -0.137. The molecule has 5 nitrogen and oxygen atoms in total. The van der Waals surface area contributed by atoms with Crippen LogP contribution >= 0.6 is 11.8 Å². The predicted octanol–water partition coefficient (Wildman–Crippen LogP) is 2.33. The van der Waals surface area contributed by atoms with Gasteiger partial charge in [0.25, 0.3) is 0 Å². The summed E-state index contributed by atoms with van der Waals surface area (Å²) in [5.41, 5.74) is 1.26. The zero-order valence-corrected chi connectivity index (χ0v) is 10.2. The van der Waals surface area contributed by atoms with Crippen molar-refractivity contribution in [2.45, 2.75) is 16.4 Å². The Balaban J connectivity index is 2.35. The van der Waals surface area contributed by atoms with Crippen molar-refractivity contribution in [2.24, 2.45) is 5.84 Å². The number of hydrogen-bond donors (Lipinski definition) is 2. The van der Waals surface area contributed by atoms with Gasteiger partial charge < -0.3 is 5.43 Å². The van der Waals surface area contributed by atoms with Crippen LogP contribution in [0.25, 0.3) is 0 Å². The van der Waals surface area contributed by atoms with E-state index in [0.717, 1.165) is 23.9 Å². The summed E-state index contributed by atoms with van der Waals surface area (Å²) in [6.45, 7) is 0. The number of aromatic nitrogens is 3. The van der Waals surface area contributed by atoms with Crippen molar-refractivity contribution in [1.29, 1.82) is 0 Å². The van der Waals surface area contributed by atoms with Crippen molar-refractivity contribution in [3.05, 3.63) is 36.2 Å². The molecule has 0 spiro atoms. The number of hydrogen-bond acceptors (Lipinski definition) is 6. The normalized spacial score (nSPS) is 11.4. The number of alkyl halides is 3. The third kappa shape index (κ3) is 3.55. The molecule has 0 aromatic carbocycles. The summed E-state index contributed by atoms with van der Waals surface area (Å²) in [4.78, 5) is 11.7. The minimum atomic E-state index is -4.47. The van der Waals surface area contributed by atoms with Gasteiger partial charge in [0.1, 0.15) is 10.8 Å². The van der Waals surface area contributed by atoms with Gasteiger partial charge in [0.05, 0.1) is 5.56 Å². The Kier molecular flexibility index (Phi) is 3.86. The Morgan fingerprint density at radius 3 is 2.42 bits per heavy atom. The SMILES string of the molecule is NNc1cc(C(F)(F)F)cc(Sc2ncccn2)n1. The Hall–Kier alpha value is -1.87. The Bertz CT molecular complexity index is 561. The number of nitrogens with two attached hydrogens (primary N) is 1. The fraction of sp³-hybridized carbons (Fsp3) is 0.100. The molecule has 0 saturated heterocycles. The third-order valence-electron chi connectivity index (χ3n) is 2.01. The lowest BCUT2D eigenvalue weighted by Crippen LogP contribution is -2.12. The highest BCUT2D eigenvalue weighted by Gasteiger charge is 2.31. The first-order chi connectivity index (χ1) is 8.99. The van der Waals surface area contributed by atoms with E-state index in [-0.39, 0.29) is 10.8 Å². The van der Waals surface area contributed by atoms with Crippen LogP contribution in [0, 0.1) is 0 Å². The van der Waals surface area contributed by atoms with Crippen LogP contribution in [0.2, 0.25) is 0 Å². The highest BCUT2D eigenvalue weighted by molar-refractivity contribution is 7.99. The van der Waals surface area contributed by atoms with E-state index in [1.165, 1.54) is 12.4 Å². The van der Waals surface area contributed by atoms with Gasteiger partial charge in [-0.2, -0.15) is 13.2 Å². The molecule has 2 rings (SSSR count). The largest absolute Gasteiger partial charge is 0.416 e. The smallest absolute Gasteiger partial charge is 0.308 e. The van der Waals surface area contributed by atoms with Crippen molar-refractivity contribution in [2.75, 3.05) is 5.43 Å². The second-order valence-corrected chi connectivity index (χ2v) is 4.34. The molecule has 2 heterocycles. The first-order valence-corrected chi connectivity index (χ1v) is 5.81. The lowest BCUT2D eigenvalue weighted by Gasteiger charge is -2.10. The summed E-state index contributed by atoms with van der Waals surface area (Å²) >= 11 is 0.919. The topological polar surface area (TPSA) is 76.7 Å². The lowest BCUT2D eigenvalue weighted by atomic mass is 10.2. The number of anilines is 1. The summed E-state index contributed by atoms with van der Waals surface area (Å²) in [5.74, 6) is 5.03. The molecule has 0 fully saturated rings. The maximum Gasteiger partial charge on any atom is 0.416 e. The molecule has 0 bridgehead atoms. The van der Waals surface area contributed by atoms with Gasteiger partial charge in [-0.15, -0.1) is 0 Å². The quantitative estimate of drug-likeness (QED) is 0.512. The highest BCUT2D eigenvalue weighted by Crippen LogP contribution is 2.34. The van der Waals surface area contributed by atoms with Crippen LogP contribution in [0.5, 0.6) is 0 Å². The minimum Gasteiger partial charge on any atom is -0.308 e. The molecule has 0 aliphatic heterocycles. The Labute approximate surface area is 110 Å². The van der Waals surface area contributed by atoms with E-state index in [1.54, 1.807) is 6.07 Å². The molecule has 0 saturated carbocycles. The average Bonchev–Trinajstić information content (AvgIpc) is 2.38. The van der Waals surface area contributed by atoms with Gasteiger partial charge in [-0.05, 0) is 30.0 Å². The molecular weight excluding hydrogens is 279 g/mol. The van der Waals surface area contributed by atoms with Crippen molar-refractivity contribution in [3.8, 4) is 0 Å². The van der Waals surface area contributed by atoms with Crippen LogP contribution < -0.4 is 11.3 Å². The van der Waals surface area contributed by atoms with Gasteiger partial charge in [0.15, 0.2) is 5.16 Å². The van der Waals surface area contributed by atoms with E-state index >= 15 is 0 Å². The molecule has 3 N–H and O–H groups in total. The van der Waals surface area contributed by atoms with Crippen LogP contribution in [-0.4, -0.2) is 15.0 Å².